The summed E-state index contributed by atoms with van der Waals surface area (Å²) in [6.45, 7) is 3.63. The number of β-lactam (4-membered cyclic amide) rings is 1. The summed E-state index contributed by atoms with van der Waals surface area (Å²) in [5.41, 5.74) is 3.70. The highest BCUT2D eigenvalue weighted by Crippen LogP contribution is 2.49. The van der Waals surface area contributed by atoms with Gasteiger partial charge >= 0.3 is 0 Å². The van der Waals surface area contributed by atoms with Crippen LogP contribution in [0.1, 0.15) is 13.8 Å². The lowest BCUT2D eigenvalue weighted by atomic mass is 9.96. The fraction of sp³-hybridized carbons (Fsp3) is 0.750. The number of carbonyl (C=O) groups excluding carboxylic acids is 2. The van der Waals surface area contributed by atoms with Crippen molar-refractivity contribution >= 4 is 23.6 Å². The fourth-order valence-electron chi connectivity index (χ4n) is 2.07. The maximum Gasteiger partial charge on any atom is 0.285 e. The summed E-state index contributed by atoms with van der Waals surface area (Å²) >= 11 is 1.49. The van der Waals surface area contributed by atoms with Crippen LogP contribution < -0.4 is 10.8 Å². The quantitative estimate of drug-likeness (QED) is 0.487. The number of rotatable bonds is 1. The molecule has 3 N–H and O–H groups in total. The van der Waals surface area contributed by atoms with Crippen LogP contribution in [0.3, 0.4) is 0 Å². The number of aliphatic carboxylic acids is 1. The smallest absolute Gasteiger partial charge is 0.285 e. The van der Waals surface area contributed by atoms with Crippen molar-refractivity contribution in [3.05, 3.63) is 0 Å². The number of nitrogens with zero attached hydrogens (tertiary/aromatic N) is 1. The van der Waals surface area contributed by atoms with E-state index in [1.54, 1.807) is 0 Å². The third-order valence-electron chi connectivity index (χ3n) is 2.77. The van der Waals surface area contributed by atoms with Gasteiger partial charge in [-0.15, -0.1) is 11.8 Å². The predicted octanol–water partition coefficient (Wildman–Crippen LogP) is -2.59. The molecule has 0 saturated carbocycles. The average molecular weight is 216 g/mol. The van der Waals surface area contributed by atoms with E-state index in [4.69, 9.17) is 0 Å². The molecular formula is C8H12N2O3S. The molecule has 2 aliphatic rings. The van der Waals surface area contributed by atoms with Crippen molar-refractivity contribution in [1.82, 2.24) is 4.90 Å². The molecule has 1 amide bonds. The second-order valence-electron chi connectivity index (χ2n) is 4.19. The Morgan fingerprint density at radius 1 is 1.64 bits per heavy atom. The Kier molecular flexibility index (Phi) is 1.84. The van der Waals surface area contributed by atoms with E-state index >= 15 is 0 Å². The summed E-state index contributed by atoms with van der Waals surface area (Å²) in [7, 11) is 0. The molecule has 0 unspecified atom stereocenters. The van der Waals surface area contributed by atoms with Crippen LogP contribution in [0.2, 0.25) is 0 Å². The molecule has 2 heterocycles. The van der Waals surface area contributed by atoms with Gasteiger partial charge in [0.1, 0.15) is 5.37 Å². The maximum atomic E-state index is 11.4. The van der Waals surface area contributed by atoms with E-state index < -0.39 is 16.8 Å². The molecule has 3 atom stereocenters. The minimum atomic E-state index is -1.18. The summed E-state index contributed by atoms with van der Waals surface area (Å²) in [5, 5.41) is 10.8. The summed E-state index contributed by atoms with van der Waals surface area (Å²) in [6.07, 6.45) is 0. The number of thioether (sulfide) groups is 1. The second kappa shape index (κ2) is 2.64. The average Bonchev–Trinajstić information content (AvgIpc) is 2.34. The first kappa shape index (κ1) is 9.79. The van der Waals surface area contributed by atoms with Crippen molar-refractivity contribution in [2.45, 2.75) is 36.1 Å². The molecular weight excluding hydrogens is 204 g/mol. The van der Waals surface area contributed by atoms with Gasteiger partial charge in [-0.3, -0.25) is 4.79 Å². The summed E-state index contributed by atoms with van der Waals surface area (Å²) in [5.74, 6) is -1.35. The van der Waals surface area contributed by atoms with Gasteiger partial charge in [-0.2, -0.15) is 0 Å². The second-order valence-corrected chi connectivity index (χ2v) is 5.96. The fourth-order valence-corrected chi connectivity index (χ4v) is 3.65. The van der Waals surface area contributed by atoms with Gasteiger partial charge in [0.2, 0.25) is 0 Å². The Morgan fingerprint density at radius 3 is 2.71 bits per heavy atom. The Bertz CT molecular complexity index is 318. The van der Waals surface area contributed by atoms with Crippen LogP contribution in [-0.2, 0) is 9.59 Å². The Morgan fingerprint density at radius 2 is 2.21 bits per heavy atom. The SMILES string of the molecule is CC1(C)S[C@@H]2[C@@H]([NH3+])C(=O)N2[C@H]1C(=O)[O-]. The van der Waals surface area contributed by atoms with Gasteiger partial charge in [-0.1, -0.05) is 0 Å². The van der Waals surface area contributed by atoms with E-state index in [2.05, 4.69) is 5.73 Å². The van der Waals surface area contributed by atoms with Crippen molar-refractivity contribution in [2.24, 2.45) is 0 Å². The van der Waals surface area contributed by atoms with Gasteiger partial charge < -0.3 is 20.5 Å². The largest absolute Gasteiger partial charge is 0.548 e. The van der Waals surface area contributed by atoms with E-state index in [1.807, 2.05) is 13.8 Å². The zero-order valence-corrected chi connectivity index (χ0v) is 8.84. The normalized spacial score (nSPS) is 39.2. The number of hydrogen-bond donors (Lipinski definition) is 1. The lowest BCUT2D eigenvalue weighted by molar-refractivity contribution is -0.426. The minimum absolute atomic E-state index is 0.0830. The molecule has 2 saturated heterocycles. The number of carboxylic acid groups (broad SMARTS) is 1. The molecule has 0 aromatic rings. The molecule has 2 aliphatic heterocycles. The van der Waals surface area contributed by atoms with Gasteiger partial charge in [-0.25, -0.2) is 0 Å². The van der Waals surface area contributed by atoms with E-state index in [-0.39, 0.29) is 17.3 Å². The maximum absolute atomic E-state index is 11.4. The monoisotopic (exact) mass is 216 g/mol. The van der Waals surface area contributed by atoms with E-state index in [0.29, 0.717) is 0 Å². The molecule has 0 bridgehead atoms. The zero-order chi connectivity index (χ0) is 10.7. The van der Waals surface area contributed by atoms with E-state index in [1.165, 1.54) is 16.7 Å². The van der Waals surface area contributed by atoms with Crippen LogP contribution in [0.25, 0.3) is 0 Å². The summed E-state index contributed by atoms with van der Waals surface area (Å²) in [4.78, 5) is 23.7. The van der Waals surface area contributed by atoms with E-state index in [0.717, 1.165) is 0 Å². The molecule has 14 heavy (non-hydrogen) atoms. The lowest BCUT2D eigenvalue weighted by Gasteiger charge is -2.40. The van der Waals surface area contributed by atoms with Crippen LogP contribution in [0.15, 0.2) is 0 Å². The van der Waals surface area contributed by atoms with Crippen LogP contribution in [-0.4, -0.2) is 39.0 Å². The molecule has 2 rings (SSSR count). The molecule has 2 fully saturated rings. The molecule has 0 radical (unpaired) electrons. The van der Waals surface area contributed by atoms with Crippen LogP contribution >= 0.6 is 11.8 Å². The van der Waals surface area contributed by atoms with Gasteiger partial charge in [-0.05, 0) is 13.8 Å². The van der Waals surface area contributed by atoms with Crippen molar-refractivity contribution < 1.29 is 20.4 Å². The third kappa shape index (κ3) is 1.01. The van der Waals surface area contributed by atoms with Crippen molar-refractivity contribution in [3.63, 3.8) is 0 Å². The highest BCUT2D eigenvalue weighted by Gasteiger charge is 2.62. The Balaban J connectivity index is 2.32. The van der Waals surface area contributed by atoms with Crippen molar-refractivity contribution in [1.29, 1.82) is 0 Å². The summed E-state index contributed by atoms with van der Waals surface area (Å²) in [6, 6.07) is -1.12. The van der Waals surface area contributed by atoms with Crippen LogP contribution in [0.4, 0.5) is 0 Å². The molecule has 6 heteroatoms. The first-order valence-corrected chi connectivity index (χ1v) is 5.28. The van der Waals surface area contributed by atoms with Crippen molar-refractivity contribution in [3.8, 4) is 0 Å². The topological polar surface area (TPSA) is 88.1 Å². The number of quaternary nitrogens is 1. The first-order chi connectivity index (χ1) is 6.36. The number of carbonyl (C=O) groups is 2. The number of hydrogen-bond acceptors (Lipinski definition) is 4. The minimum Gasteiger partial charge on any atom is -0.548 e. The van der Waals surface area contributed by atoms with Crippen LogP contribution in [0, 0.1) is 0 Å². The molecule has 78 valence electrons. The third-order valence-corrected chi connectivity index (χ3v) is 4.40. The van der Waals surface area contributed by atoms with E-state index in [9.17, 15) is 14.7 Å². The van der Waals surface area contributed by atoms with Crippen LogP contribution in [0.5, 0.6) is 0 Å². The molecule has 0 spiro atoms. The highest BCUT2D eigenvalue weighted by molar-refractivity contribution is 8.01. The summed E-state index contributed by atoms with van der Waals surface area (Å²) < 4.78 is -0.481. The predicted molar refractivity (Wildman–Crippen MR) is 47.8 cm³/mol. The van der Waals surface area contributed by atoms with Gasteiger partial charge in [0, 0.05) is 4.75 Å². The zero-order valence-electron chi connectivity index (χ0n) is 8.02. The van der Waals surface area contributed by atoms with Crippen molar-refractivity contribution in [2.75, 3.05) is 0 Å². The van der Waals surface area contributed by atoms with Gasteiger partial charge in [0.05, 0.1) is 12.0 Å². The standard InChI is InChI=1S/C8H12N2O3S/c1-8(2)4(7(12)13)10-5(11)3(9)6(10)14-8/h3-4,6H,9H2,1-2H3,(H,12,13)/t3-,4-,6+/m0/s1. The molecule has 0 aliphatic carbocycles. The number of fused-ring (bicyclic) bond motifs is 1. The van der Waals surface area contributed by atoms with Gasteiger partial charge in [0.25, 0.3) is 5.91 Å². The Labute approximate surface area is 85.6 Å². The number of amides is 1. The highest BCUT2D eigenvalue weighted by atomic mass is 32.2. The molecule has 5 nitrogen and oxygen atoms in total. The molecule has 0 aromatic heterocycles. The number of carboxylic acids is 1. The molecule has 0 aromatic carbocycles. The first-order valence-electron chi connectivity index (χ1n) is 4.40. The Hall–Kier alpha value is -0.750. The lowest BCUT2D eigenvalue weighted by Crippen LogP contribution is -2.83. The van der Waals surface area contributed by atoms with Gasteiger partial charge in [0.15, 0.2) is 6.04 Å².